The van der Waals surface area contributed by atoms with E-state index in [1.54, 1.807) is 16.2 Å². The third-order valence-electron chi connectivity index (χ3n) is 3.69. The van der Waals surface area contributed by atoms with Gasteiger partial charge in [0.05, 0.1) is 12.7 Å². The van der Waals surface area contributed by atoms with Crippen LogP contribution in [0.2, 0.25) is 0 Å². The fourth-order valence-electron chi connectivity index (χ4n) is 2.69. The summed E-state index contributed by atoms with van der Waals surface area (Å²) in [5.74, 6) is -0.0762. The van der Waals surface area contributed by atoms with Crippen LogP contribution in [0.15, 0.2) is 17.5 Å². The third kappa shape index (κ3) is 3.58. The molecule has 1 aliphatic rings. The van der Waals surface area contributed by atoms with E-state index in [1.165, 1.54) is 7.11 Å². The van der Waals surface area contributed by atoms with Gasteiger partial charge in [0.15, 0.2) is 0 Å². The summed E-state index contributed by atoms with van der Waals surface area (Å²) in [6.07, 6.45) is 1.96. The lowest BCUT2D eigenvalue weighted by Gasteiger charge is -2.28. The molecule has 1 aromatic rings. The molecule has 20 heavy (non-hydrogen) atoms. The van der Waals surface area contributed by atoms with Crippen molar-refractivity contribution in [2.45, 2.75) is 37.5 Å². The number of hydrogen-bond donors (Lipinski definition) is 2. The van der Waals surface area contributed by atoms with Gasteiger partial charge in [-0.1, -0.05) is 6.07 Å². The van der Waals surface area contributed by atoms with Crippen LogP contribution in [0.3, 0.4) is 0 Å². The number of aliphatic hydroxyl groups is 1. The number of carbonyl (C=O) groups excluding carboxylic acids is 1. The Labute approximate surface area is 123 Å². The number of methoxy groups -OCH3 is 1. The van der Waals surface area contributed by atoms with Gasteiger partial charge in [-0.2, -0.15) is 0 Å². The Hall–Kier alpha value is -0.950. The van der Waals surface area contributed by atoms with E-state index in [1.807, 2.05) is 17.5 Å². The van der Waals surface area contributed by atoms with E-state index in [2.05, 4.69) is 0 Å². The third-order valence-corrected chi connectivity index (χ3v) is 4.66. The molecule has 0 aromatic carbocycles. The van der Waals surface area contributed by atoms with Crippen LogP contribution < -0.4 is 5.73 Å². The van der Waals surface area contributed by atoms with Crippen LogP contribution in [-0.4, -0.2) is 48.3 Å². The Morgan fingerprint density at radius 2 is 2.50 bits per heavy atom. The molecular formula is C14H22N2O3S. The predicted molar refractivity (Wildman–Crippen MR) is 78.5 cm³/mol. The number of carbonyl (C=O) groups is 1. The van der Waals surface area contributed by atoms with Crippen LogP contribution in [0.1, 0.15) is 30.2 Å². The molecule has 0 saturated carbocycles. The number of nitrogens with zero attached hydrogens (tertiary/aromatic N) is 1. The second kappa shape index (κ2) is 7.17. The first-order valence-corrected chi connectivity index (χ1v) is 7.78. The van der Waals surface area contributed by atoms with Crippen molar-refractivity contribution in [3.8, 4) is 0 Å². The van der Waals surface area contributed by atoms with E-state index in [4.69, 9.17) is 10.5 Å². The first-order valence-electron chi connectivity index (χ1n) is 6.90. The SMILES string of the molecule is COCC(N)C(=O)N1CCCC1CC(O)c1cccs1. The van der Waals surface area contributed by atoms with Crippen LogP contribution in [0.25, 0.3) is 0 Å². The number of rotatable bonds is 6. The topological polar surface area (TPSA) is 75.8 Å². The molecule has 0 radical (unpaired) electrons. The van der Waals surface area contributed by atoms with Crippen molar-refractivity contribution in [3.05, 3.63) is 22.4 Å². The fourth-order valence-corrected chi connectivity index (χ4v) is 3.41. The van der Waals surface area contributed by atoms with Gasteiger partial charge in [0, 0.05) is 24.6 Å². The zero-order valence-corrected chi connectivity index (χ0v) is 12.5. The van der Waals surface area contributed by atoms with E-state index < -0.39 is 12.1 Å². The van der Waals surface area contributed by atoms with E-state index in [0.29, 0.717) is 6.42 Å². The maximum atomic E-state index is 12.3. The molecule has 3 atom stereocenters. The van der Waals surface area contributed by atoms with Gasteiger partial charge in [-0.05, 0) is 30.7 Å². The van der Waals surface area contributed by atoms with Crippen molar-refractivity contribution in [2.75, 3.05) is 20.3 Å². The van der Waals surface area contributed by atoms with Crippen LogP contribution in [0, 0.1) is 0 Å². The number of nitrogens with two attached hydrogens (primary N) is 1. The number of hydrogen-bond acceptors (Lipinski definition) is 5. The minimum Gasteiger partial charge on any atom is -0.387 e. The smallest absolute Gasteiger partial charge is 0.242 e. The van der Waals surface area contributed by atoms with Gasteiger partial charge in [0.1, 0.15) is 6.04 Å². The molecule has 6 heteroatoms. The van der Waals surface area contributed by atoms with Crippen molar-refractivity contribution in [1.29, 1.82) is 0 Å². The highest BCUT2D eigenvalue weighted by atomic mass is 32.1. The fraction of sp³-hybridized carbons (Fsp3) is 0.643. The molecule has 1 saturated heterocycles. The molecule has 1 aliphatic heterocycles. The number of aliphatic hydroxyl groups excluding tert-OH is 1. The Morgan fingerprint density at radius 1 is 1.70 bits per heavy atom. The lowest BCUT2D eigenvalue weighted by atomic mass is 10.1. The summed E-state index contributed by atoms with van der Waals surface area (Å²) in [5, 5.41) is 12.2. The molecule has 0 bridgehead atoms. The monoisotopic (exact) mass is 298 g/mol. The molecule has 1 amide bonds. The maximum Gasteiger partial charge on any atom is 0.242 e. The van der Waals surface area contributed by atoms with Crippen molar-refractivity contribution < 1.29 is 14.6 Å². The summed E-state index contributed by atoms with van der Waals surface area (Å²) in [4.78, 5) is 15.0. The lowest BCUT2D eigenvalue weighted by Crippen LogP contribution is -2.48. The molecule has 3 unspecified atom stereocenters. The quantitative estimate of drug-likeness (QED) is 0.825. The van der Waals surface area contributed by atoms with Crippen LogP contribution >= 0.6 is 11.3 Å². The van der Waals surface area contributed by atoms with Gasteiger partial charge in [0.2, 0.25) is 5.91 Å². The molecule has 1 fully saturated rings. The normalized spacial score (nSPS) is 21.9. The minimum atomic E-state index is -0.612. The first kappa shape index (κ1) is 15.4. The van der Waals surface area contributed by atoms with Gasteiger partial charge >= 0.3 is 0 Å². The summed E-state index contributed by atoms with van der Waals surface area (Å²) < 4.78 is 4.94. The number of ether oxygens (including phenoxy) is 1. The van der Waals surface area contributed by atoms with Crippen LogP contribution in [0.4, 0.5) is 0 Å². The molecule has 2 rings (SSSR count). The van der Waals surface area contributed by atoms with Gasteiger partial charge in [-0.3, -0.25) is 4.79 Å². The second-order valence-electron chi connectivity index (χ2n) is 5.16. The van der Waals surface area contributed by atoms with Crippen molar-refractivity contribution in [1.82, 2.24) is 4.90 Å². The summed E-state index contributed by atoms with van der Waals surface area (Å²) in [5.41, 5.74) is 5.82. The second-order valence-corrected chi connectivity index (χ2v) is 6.14. The summed E-state index contributed by atoms with van der Waals surface area (Å²) in [6.45, 7) is 0.952. The highest BCUT2D eigenvalue weighted by Crippen LogP contribution is 2.29. The Bertz CT molecular complexity index is 424. The van der Waals surface area contributed by atoms with E-state index >= 15 is 0 Å². The van der Waals surface area contributed by atoms with Crippen LogP contribution in [0.5, 0.6) is 0 Å². The van der Waals surface area contributed by atoms with E-state index in [0.717, 1.165) is 24.3 Å². The summed E-state index contributed by atoms with van der Waals surface area (Å²) in [6, 6.07) is 3.31. The zero-order valence-electron chi connectivity index (χ0n) is 11.7. The summed E-state index contributed by atoms with van der Waals surface area (Å²) >= 11 is 1.54. The zero-order chi connectivity index (χ0) is 14.5. The van der Waals surface area contributed by atoms with Gasteiger partial charge < -0.3 is 20.5 Å². The van der Waals surface area contributed by atoms with E-state index in [9.17, 15) is 9.90 Å². The first-order chi connectivity index (χ1) is 9.63. The predicted octanol–water partition coefficient (Wildman–Crippen LogP) is 1.14. The molecule has 3 N–H and O–H groups in total. The lowest BCUT2D eigenvalue weighted by molar-refractivity contribution is -0.135. The van der Waals surface area contributed by atoms with Crippen molar-refractivity contribution >= 4 is 17.2 Å². The molecular weight excluding hydrogens is 276 g/mol. The minimum absolute atomic E-state index is 0.0718. The largest absolute Gasteiger partial charge is 0.387 e. The van der Waals surface area contributed by atoms with Crippen molar-refractivity contribution in [2.24, 2.45) is 5.73 Å². The molecule has 1 aromatic heterocycles. The maximum absolute atomic E-state index is 12.3. The Morgan fingerprint density at radius 3 is 3.15 bits per heavy atom. The molecule has 2 heterocycles. The number of amides is 1. The molecule has 0 spiro atoms. The molecule has 112 valence electrons. The Balaban J connectivity index is 1.95. The standard InChI is InChI=1S/C14H22N2O3S/c1-19-9-11(15)14(18)16-6-2-4-10(16)8-12(17)13-5-3-7-20-13/h3,5,7,10-12,17H,2,4,6,8-9,15H2,1H3. The molecule has 5 nitrogen and oxygen atoms in total. The van der Waals surface area contributed by atoms with Crippen LogP contribution in [-0.2, 0) is 9.53 Å². The highest BCUT2D eigenvalue weighted by molar-refractivity contribution is 7.10. The van der Waals surface area contributed by atoms with Gasteiger partial charge in [-0.15, -0.1) is 11.3 Å². The number of thiophene rings is 1. The number of likely N-dealkylation sites (tertiary alicyclic amines) is 1. The van der Waals surface area contributed by atoms with Crippen molar-refractivity contribution in [3.63, 3.8) is 0 Å². The average Bonchev–Trinajstić information content (AvgIpc) is 3.09. The Kier molecular flexibility index (Phi) is 5.54. The highest BCUT2D eigenvalue weighted by Gasteiger charge is 2.33. The van der Waals surface area contributed by atoms with Gasteiger partial charge in [-0.25, -0.2) is 0 Å². The average molecular weight is 298 g/mol. The van der Waals surface area contributed by atoms with Gasteiger partial charge in [0.25, 0.3) is 0 Å². The van der Waals surface area contributed by atoms with E-state index in [-0.39, 0.29) is 18.6 Å². The summed E-state index contributed by atoms with van der Waals surface area (Å²) in [7, 11) is 1.54. The molecule has 0 aliphatic carbocycles.